The average Bonchev–Trinajstić information content (AvgIpc) is 3.55. The van der Waals surface area contributed by atoms with E-state index in [9.17, 15) is 0 Å². The highest BCUT2D eigenvalue weighted by Gasteiger charge is 2.31. The molecule has 38 heavy (non-hydrogen) atoms. The lowest BCUT2D eigenvalue weighted by Gasteiger charge is -2.14. The van der Waals surface area contributed by atoms with Crippen molar-refractivity contribution >= 4 is 29.7 Å². The summed E-state index contributed by atoms with van der Waals surface area (Å²) in [6, 6.07) is 0.203. The van der Waals surface area contributed by atoms with Gasteiger partial charge in [0.25, 0.3) is 0 Å². The van der Waals surface area contributed by atoms with Crippen LogP contribution in [0.5, 0.6) is 0 Å². The number of H-pyrrole nitrogens is 2. The molecule has 5 rings (SSSR count). The molecule has 0 radical (unpaired) electrons. The van der Waals surface area contributed by atoms with Gasteiger partial charge < -0.3 is 9.97 Å². The van der Waals surface area contributed by atoms with Crippen LogP contribution in [0, 0.1) is 25.7 Å². The molecule has 0 spiro atoms. The molecule has 2 aromatic rings. The molecule has 5 heterocycles. The van der Waals surface area contributed by atoms with Crippen molar-refractivity contribution in [2.75, 3.05) is 0 Å². The number of fused-ring (bicyclic) bond motifs is 6. The molecule has 3 aliphatic rings. The molecule has 2 N–H and O–H groups in total. The molecule has 0 aliphatic carbocycles. The smallest absolute Gasteiger partial charge is 0.0777 e. The maximum absolute atomic E-state index is 5.37. The third kappa shape index (κ3) is 4.50. The second-order valence-corrected chi connectivity index (χ2v) is 11.6. The number of allylic oxidation sites excluding steroid dienone is 2. The maximum atomic E-state index is 5.37. The van der Waals surface area contributed by atoms with Crippen LogP contribution in [0.4, 0.5) is 0 Å². The lowest BCUT2D eigenvalue weighted by Crippen LogP contribution is -2.19. The Balaban J connectivity index is 1.80. The SMILES string of the molecule is CCCC1=C(C)C2=NC1Cc1[nH]c(c(C)c1CCC)/C=C1N=C(/C=c3\[nH]/c(c(C)c3CC)=C\2)[C@@H](C)[C@@H]\1CC. The summed E-state index contributed by atoms with van der Waals surface area (Å²) in [6.45, 7) is 18.3. The van der Waals surface area contributed by atoms with Gasteiger partial charge in [0.15, 0.2) is 0 Å². The summed E-state index contributed by atoms with van der Waals surface area (Å²) < 4.78 is 0. The van der Waals surface area contributed by atoms with Crippen molar-refractivity contribution < 1.29 is 0 Å². The first kappa shape index (κ1) is 26.7. The lowest BCUT2D eigenvalue weighted by molar-refractivity contribution is 0.521. The zero-order valence-electron chi connectivity index (χ0n) is 24.8. The Morgan fingerprint density at radius 3 is 2.32 bits per heavy atom. The van der Waals surface area contributed by atoms with Crippen molar-refractivity contribution in [1.29, 1.82) is 0 Å². The van der Waals surface area contributed by atoms with E-state index in [1.165, 1.54) is 66.9 Å². The van der Waals surface area contributed by atoms with E-state index in [1.807, 2.05) is 0 Å². The summed E-state index contributed by atoms with van der Waals surface area (Å²) in [5, 5.41) is 2.40. The predicted molar refractivity (Wildman–Crippen MR) is 164 cm³/mol. The molecule has 1 unspecified atom stereocenters. The molecule has 3 aliphatic heterocycles. The highest BCUT2D eigenvalue weighted by atomic mass is 14.9. The number of aromatic amines is 2. The third-order valence-electron chi connectivity index (χ3n) is 9.30. The minimum Gasteiger partial charge on any atom is -0.358 e. The summed E-state index contributed by atoms with van der Waals surface area (Å²) in [5.74, 6) is 0.836. The Bertz CT molecular complexity index is 1480. The Kier molecular flexibility index (Phi) is 7.53. The molecular weight excluding hydrogens is 464 g/mol. The standard InChI is InChI=1S/C34H46N4/c1-9-13-25-21(7)28-15-27-19(5)23(11-3)31(35-27)16-29-20(6)24(12-4)32(36-29)17-30-22(8)26(14-10-2)34(38-30)18-33(25)37-28/h15-17,20,24,33,35,38H,9-14,18H2,1-8H3/b27-15-,31-16-,32-17-/t20-,24-,33?/m0/s1. The number of nitrogens with one attached hydrogen (secondary N) is 2. The zero-order chi connectivity index (χ0) is 27.1. The van der Waals surface area contributed by atoms with Crippen LogP contribution in [0.1, 0.15) is 101 Å². The summed E-state index contributed by atoms with van der Waals surface area (Å²) in [5.41, 5.74) is 14.6. The largest absolute Gasteiger partial charge is 0.358 e. The Labute approximate surface area is 228 Å². The highest BCUT2D eigenvalue weighted by Crippen LogP contribution is 2.37. The first-order chi connectivity index (χ1) is 18.3. The molecule has 0 aromatic carbocycles. The van der Waals surface area contributed by atoms with Gasteiger partial charge in [-0.2, -0.15) is 0 Å². The first-order valence-corrected chi connectivity index (χ1v) is 15.0. The third-order valence-corrected chi connectivity index (χ3v) is 9.30. The van der Waals surface area contributed by atoms with Crippen molar-refractivity contribution in [2.24, 2.45) is 21.8 Å². The van der Waals surface area contributed by atoms with Crippen molar-refractivity contribution in [2.45, 2.75) is 106 Å². The maximum Gasteiger partial charge on any atom is 0.0777 e. The van der Waals surface area contributed by atoms with Gasteiger partial charge in [0, 0.05) is 51.8 Å². The average molecular weight is 511 g/mol. The second-order valence-electron chi connectivity index (χ2n) is 11.6. The van der Waals surface area contributed by atoms with Crippen LogP contribution < -0.4 is 10.7 Å². The number of nitrogens with zero attached hydrogens (tertiary/aromatic N) is 2. The summed E-state index contributed by atoms with van der Waals surface area (Å²) in [7, 11) is 0. The fourth-order valence-corrected chi connectivity index (χ4v) is 7.01. The predicted octanol–water partition coefficient (Wildman–Crippen LogP) is 6.69. The van der Waals surface area contributed by atoms with E-state index in [-0.39, 0.29) is 6.04 Å². The first-order valence-electron chi connectivity index (χ1n) is 15.0. The van der Waals surface area contributed by atoms with E-state index < -0.39 is 0 Å². The molecule has 2 aromatic heterocycles. The molecule has 0 amide bonds. The fraction of sp³-hybridized carbons (Fsp3) is 0.529. The minimum atomic E-state index is 0.203. The van der Waals surface area contributed by atoms with Crippen molar-refractivity contribution in [3.8, 4) is 0 Å². The van der Waals surface area contributed by atoms with Gasteiger partial charge in [0.2, 0.25) is 0 Å². The number of hydrogen-bond donors (Lipinski definition) is 2. The van der Waals surface area contributed by atoms with E-state index in [1.54, 1.807) is 0 Å². The van der Waals surface area contributed by atoms with Crippen LogP contribution >= 0.6 is 0 Å². The zero-order valence-corrected chi connectivity index (χ0v) is 24.8. The lowest BCUT2D eigenvalue weighted by atomic mass is 9.88. The van der Waals surface area contributed by atoms with Crippen LogP contribution in [0.25, 0.3) is 18.2 Å². The van der Waals surface area contributed by atoms with Crippen LogP contribution in [-0.4, -0.2) is 27.4 Å². The van der Waals surface area contributed by atoms with Gasteiger partial charge in [0.05, 0.1) is 11.8 Å². The molecule has 4 heteroatoms. The molecule has 0 fully saturated rings. The van der Waals surface area contributed by atoms with E-state index in [0.717, 1.165) is 50.7 Å². The topological polar surface area (TPSA) is 56.3 Å². The van der Waals surface area contributed by atoms with E-state index in [4.69, 9.17) is 9.98 Å². The number of rotatable bonds is 6. The quantitative estimate of drug-likeness (QED) is 0.435. The van der Waals surface area contributed by atoms with Crippen LogP contribution in [-0.2, 0) is 19.3 Å². The fourth-order valence-electron chi connectivity index (χ4n) is 7.01. The molecule has 202 valence electrons. The van der Waals surface area contributed by atoms with Crippen molar-refractivity contribution in [3.05, 3.63) is 61.2 Å². The second kappa shape index (κ2) is 10.7. The van der Waals surface area contributed by atoms with Gasteiger partial charge in [-0.1, -0.05) is 47.5 Å². The highest BCUT2D eigenvalue weighted by molar-refractivity contribution is 6.22. The van der Waals surface area contributed by atoms with Crippen LogP contribution in [0.2, 0.25) is 0 Å². The molecule has 8 bridgehead atoms. The van der Waals surface area contributed by atoms with Crippen LogP contribution in [0.15, 0.2) is 26.8 Å². The monoisotopic (exact) mass is 510 g/mol. The van der Waals surface area contributed by atoms with Gasteiger partial charge in [-0.15, -0.1) is 0 Å². The number of aliphatic imine (C=N–C) groups is 2. The van der Waals surface area contributed by atoms with Crippen LogP contribution in [0.3, 0.4) is 0 Å². The van der Waals surface area contributed by atoms with Crippen molar-refractivity contribution in [1.82, 2.24) is 9.97 Å². The van der Waals surface area contributed by atoms with E-state index in [0.29, 0.717) is 11.8 Å². The summed E-state index contributed by atoms with van der Waals surface area (Å²) >= 11 is 0. The Morgan fingerprint density at radius 2 is 1.63 bits per heavy atom. The molecule has 4 nitrogen and oxygen atoms in total. The molecule has 3 atom stereocenters. The van der Waals surface area contributed by atoms with Gasteiger partial charge in [0.1, 0.15) is 0 Å². The molecule has 0 saturated heterocycles. The van der Waals surface area contributed by atoms with Gasteiger partial charge in [-0.25, -0.2) is 0 Å². The van der Waals surface area contributed by atoms with Gasteiger partial charge in [-0.3, -0.25) is 9.98 Å². The Morgan fingerprint density at radius 1 is 0.868 bits per heavy atom. The van der Waals surface area contributed by atoms with Gasteiger partial charge in [-0.05, 0) is 98.1 Å². The number of hydrogen-bond acceptors (Lipinski definition) is 2. The summed E-state index contributed by atoms with van der Waals surface area (Å²) in [4.78, 5) is 18.3. The number of aromatic nitrogens is 2. The minimum absolute atomic E-state index is 0.203. The Hall–Kier alpha value is -2.88. The van der Waals surface area contributed by atoms with Crippen molar-refractivity contribution in [3.63, 3.8) is 0 Å². The molecule has 0 saturated carbocycles. The molecular formula is C34H46N4. The van der Waals surface area contributed by atoms with Gasteiger partial charge >= 0.3 is 0 Å². The summed E-state index contributed by atoms with van der Waals surface area (Å²) in [6.07, 6.45) is 14.5. The van der Waals surface area contributed by atoms with E-state index in [2.05, 4.69) is 83.6 Å². The van der Waals surface area contributed by atoms with E-state index >= 15 is 0 Å². The normalized spacial score (nSPS) is 25.9.